The molecule has 0 unspecified atom stereocenters. The predicted molar refractivity (Wildman–Crippen MR) is 90.9 cm³/mol. The van der Waals surface area contributed by atoms with E-state index in [2.05, 4.69) is 36.6 Å². The van der Waals surface area contributed by atoms with Crippen molar-refractivity contribution in [1.82, 2.24) is 4.72 Å². The van der Waals surface area contributed by atoms with E-state index in [-0.39, 0.29) is 10.8 Å². The highest BCUT2D eigenvalue weighted by molar-refractivity contribution is 9.11. The number of benzene rings is 1. The molecule has 0 aliphatic heterocycles. The van der Waals surface area contributed by atoms with Gasteiger partial charge in [0.2, 0.25) is 10.0 Å². The summed E-state index contributed by atoms with van der Waals surface area (Å²) < 4.78 is 29.2. The van der Waals surface area contributed by atoms with Gasteiger partial charge >= 0.3 is 0 Å². The lowest BCUT2D eigenvalue weighted by Gasteiger charge is -2.30. The molecule has 0 aliphatic rings. The first-order chi connectivity index (χ1) is 9.21. The lowest BCUT2D eigenvalue weighted by atomic mass is 9.97. The predicted octanol–water partition coefficient (Wildman–Crippen LogP) is 4.60. The van der Waals surface area contributed by atoms with Gasteiger partial charge in [-0.05, 0) is 53.4 Å². The van der Waals surface area contributed by atoms with E-state index >= 15 is 0 Å². The third kappa shape index (κ3) is 3.97. The molecule has 114 valence electrons. The zero-order valence-electron chi connectivity index (χ0n) is 11.6. The maximum Gasteiger partial charge on any atom is 0.242 e. The summed E-state index contributed by atoms with van der Waals surface area (Å²) in [5, 5.41) is 0. The van der Waals surface area contributed by atoms with Crippen LogP contribution in [0.3, 0.4) is 0 Å². The molecule has 0 radical (unpaired) electrons. The molecule has 0 aliphatic carbocycles. The Labute approximate surface area is 142 Å². The molecule has 0 saturated carbocycles. The Morgan fingerprint density at radius 3 is 2.20 bits per heavy atom. The van der Waals surface area contributed by atoms with Gasteiger partial charge in [0.05, 0.1) is 4.90 Å². The van der Waals surface area contributed by atoms with Crippen molar-refractivity contribution in [3.63, 3.8) is 0 Å². The van der Waals surface area contributed by atoms with Crippen molar-refractivity contribution in [2.75, 3.05) is 5.88 Å². The normalized spacial score (nSPS) is 12.7. The first kappa shape index (κ1) is 18.4. The molecule has 0 amide bonds. The number of nitrogens with one attached hydrogen (secondary N) is 1. The van der Waals surface area contributed by atoms with Gasteiger partial charge in [-0.1, -0.05) is 29.8 Å². The number of sulfonamides is 1. The SMILES string of the molecule is CCC(CC)(CCl)NS(=O)(=O)c1cc(Br)c(C)cc1Br. The zero-order chi connectivity index (χ0) is 15.6. The minimum absolute atomic E-state index is 0.214. The second-order valence-electron chi connectivity index (χ2n) is 4.76. The van der Waals surface area contributed by atoms with Crippen LogP contribution in [-0.2, 0) is 10.0 Å². The van der Waals surface area contributed by atoms with Crippen molar-refractivity contribution in [1.29, 1.82) is 0 Å². The Kier molecular flexibility index (Phi) is 6.54. The monoisotopic (exact) mass is 445 g/mol. The zero-order valence-corrected chi connectivity index (χ0v) is 16.4. The summed E-state index contributed by atoms with van der Waals surface area (Å²) in [6.45, 7) is 5.75. The van der Waals surface area contributed by atoms with Crippen LogP contribution in [0.2, 0.25) is 0 Å². The summed E-state index contributed by atoms with van der Waals surface area (Å²) in [7, 11) is -3.64. The third-order valence-electron chi connectivity index (χ3n) is 3.46. The van der Waals surface area contributed by atoms with E-state index in [0.717, 1.165) is 10.0 Å². The molecule has 0 spiro atoms. The minimum atomic E-state index is -3.64. The highest BCUT2D eigenvalue weighted by Gasteiger charge is 2.32. The quantitative estimate of drug-likeness (QED) is 0.648. The molecule has 0 saturated heterocycles. The van der Waals surface area contributed by atoms with E-state index in [1.807, 2.05) is 20.8 Å². The van der Waals surface area contributed by atoms with E-state index in [1.165, 1.54) is 0 Å². The van der Waals surface area contributed by atoms with Gasteiger partial charge in [-0.2, -0.15) is 0 Å². The van der Waals surface area contributed by atoms with Crippen molar-refractivity contribution in [3.05, 3.63) is 26.6 Å². The highest BCUT2D eigenvalue weighted by Crippen LogP contribution is 2.30. The average Bonchev–Trinajstić information content (AvgIpc) is 2.40. The molecule has 0 heterocycles. The molecular formula is C13H18Br2ClNO2S. The fourth-order valence-electron chi connectivity index (χ4n) is 1.78. The van der Waals surface area contributed by atoms with Gasteiger partial charge in [-0.25, -0.2) is 13.1 Å². The van der Waals surface area contributed by atoms with Crippen molar-refractivity contribution in [2.24, 2.45) is 0 Å². The van der Waals surface area contributed by atoms with Gasteiger partial charge in [0.25, 0.3) is 0 Å². The first-order valence-corrected chi connectivity index (χ1v) is 9.87. The Bertz CT molecular complexity index is 578. The molecule has 0 bridgehead atoms. The fourth-order valence-corrected chi connectivity index (χ4v) is 5.53. The number of alkyl halides is 1. The molecule has 1 aromatic carbocycles. The van der Waals surface area contributed by atoms with Crippen LogP contribution < -0.4 is 4.72 Å². The molecule has 1 N–H and O–H groups in total. The van der Waals surface area contributed by atoms with Crippen LogP contribution in [0, 0.1) is 6.92 Å². The maximum atomic E-state index is 12.6. The summed E-state index contributed by atoms with van der Waals surface area (Å²) in [6.07, 6.45) is 1.27. The van der Waals surface area contributed by atoms with Gasteiger partial charge in [0.15, 0.2) is 0 Å². The third-order valence-corrected chi connectivity index (χ3v) is 7.37. The Balaban J connectivity index is 3.28. The summed E-state index contributed by atoms with van der Waals surface area (Å²) in [5.74, 6) is 0.240. The maximum absolute atomic E-state index is 12.6. The molecule has 1 aromatic rings. The summed E-state index contributed by atoms with van der Waals surface area (Å²) in [5.41, 5.74) is 0.349. The van der Waals surface area contributed by atoms with Crippen LogP contribution in [0.1, 0.15) is 32.3 Å². The lowest BCUT2D eigenvalue weighted by molar-refractivity contribution is 0.394. The van der Waals surface area contributed by atoms with Gasteiger partial charge in [0.1, 0.15) is 0 Å². The number of aryl methyl sites for hydroxylation is 1. The standard InChI is InChI=1S/C13H18Br2ClNO2S/c1-4-13(5-2,8-16)17-20(18,19)12-7-10(14)9(3)6-11(12)15/h6-7,17H,4-5,8H2,1-3H3. The average molecular weight is 448 g/mol. The number of hydrogen-bond donors (Lipinski definition) is 1. The lowest BCUT2D eigenvalue weighted by Crippen LogP contribution is -2.49. The topological polar surface area (TPSA) is 46.2 Å². The molecule has 3 nitrogen and oxygen atoms in total. The van der Waals surface area contributed by atoms with Crippen LogP contribution in [0.4, 0.5) is 0 Å². The van der Waals surface area contributed by atoms with Crippen LogP contribution >= 0.6 is 43.5 Å². The number of halogens is 3. The van der Waals surface area contributed by atoms with Crippen molar-refractivity contribution < 1.29 is 8.42 Å². The summed E-state index contributed by atoms with van der Waals surface area (Å²) in [6, 6.07) is 3.38. The van der Waals surface area contributed by atoms with Crippen molar-refractivity contribution in [3.8, 4) is 0 Å². The summed E-state index contributed by atoms with van der Waals surface area (Å²) >= 11 is 12.6. The molecule has 20 heavy (non-hydrogen) atoms. The van der Waals surface area contributed by atoms with E-state index in [4.69, 9.17) is 11.6 Å². The fraction of sp³-hybridized carbons (Fsp3) is 0.538. The van der Waals surface area contributed by atoms with Crippen molar-refractivity contribution in [2.45, 2.75) is 44.0 Å². The van der Waals surface area contributed by atoms with Gasteiger partial charge in [-0.15, -0.1) is 11.6 Å². The van der Waals surface area contributed by atoms with E-state index in [0.29, 0.717) is 17.3 Å². The van der Waals surface area contributed by atoms with Crippen LogP contribution in [-0.4, -0.2) is 19.8 Å². The smallest absolute Gasteiger partial charge is 0.207 e. The second-order valence-corrected chi connectivity index (χ2v) is 8.39. The molecule has 1 rings (SSSR count). The first-order valence-electron chi connectivity index (χ1n) is 6.27. The van der Waals surface area contributed by atoms with Gasteiger partial charge in [0, 0.05) is 20.4 Å². The van der Waals surface area contributed by atoms with E-state index in [9.17, 15) is 8.42 Å². The Hall–Kier alpha value is 0.380. The highest BCUT2D eigenvalue weighted by atomic mass is 79.9. The van der Waals surface area contributed by atoms with Crippen LogP contribution in [0.5, 0.6) is 0 Å². The van der Waals surface area contributed by atoms with Crippen LogP contribution in [0.25, 0.3) is 0 Å². The molecule has 0 fully saturated rings. The largest absolute Gasteiger partial charge is 0.242 e. The van der Waals surface area contributed by atoms with E-state index < -0.39 is 15.6 Å². The van der Waals surface area contributed by atoms with Crippen LogP contribution in [0.15, 0.2) is 26.0 Å². The van der Waals surface area contributed by atoms with Crippen molar-refractivity contribution >= 4 is 53.5 Å². The number of rotatable bonds is 6. The molecule has 0 atom stereocenters. The Morgan fingerprint density at radius 1 is 1.20 bits per heavy atom. The Morgan fingerprint density at radius 2 is 1.75 bits per heavy atom. The number of hydrogen-bond acceptors (Lipinski definition) is 2. The molecule has 0 aromatic heterocycles. The minimum Gasteiger partial charge on any atom is -0.207 e. The van der Waals surface area contributed by atoms with Gasteiger partial charge in [-0.3, -0.25) is 0 Å². The molecule has 7 heteroatoms. The molecular weight excluding hydrogens is 429 g/mol. The second kappa shape index (κ2) is 7.09. The van der Waals surface area contributed by atoms with Gasteiger partial charge < -0.3 is 0 Å². The van der Waals surface area contributed by atoms with E-state index in [1.54, 1.807) is 12.1 Å². The summed E-state index contributed by atoms with van der Waals surface area (Å²) in [4.78, 5) is 0.214.